The second-order valence-corrected chi connectivity index (χ2v) is 7.61. The Morgan fingerprint density at radius 3 is 2.61 bits per heavy atom. The van der Waals surface area contributed by atoms with Gasteiger partial charge in [0.25, 0.3) is 5.56 Å². The molecule has 2 aromatic carbocycles. The number of nitrogens with zero attached hydrogens (tertiary/aromatic N) is 2. The van der Waals surface area contributed by atoms with Gasteiger partial charge in [0, 0.05) is 22.4 Å². The van der Waals surface area contributed by atoms with Crippen LogP contribution in [0.4, 0.5) is 0 Å². The molecule has 0 N–H and O–H groups in total. The highest BCUT2D eigenvalue weighted by Crippen LogP contribution is 2.39. The molecule has 0 saturated heterocycles. The molecule has 0 spiro atoms. The number of carbonyl (C=O) groups is 1. The summed E-state index contributed by atoms with van der Waals surface area (Å²) in [5.41, 5.74) is 1.88. The molecule has 33 heavy (non-hydrogen) atoms. The Kier molecular flexibility index (Phi) is 4.92. The van der Waals surface area contributed by atoms with Crippen LogP contribution in [0, 0.1) is 0 Å². The lowest BCUT2D eigenvalue weighted by Gasteiger charge is -2.13. The molecule has 0 aliphatic rings. The summed E-state index contributed by atoms with van der Waals surface area (Å²) in [7, 11) is 3.04. The summed E-state index contributed by atoms with van der Waals surface area (Å²) in [6.45, 7) is 3.67. The van der Waals surface area contributed by atoms with Crippen LogP contribution in [-0.4, -0.2) is 42.3 Å². The van der Waals surface area contributed by atoms with E-state index in [2.05, 4.69) is 4.98 Å². The van der Waals surface area contributed by atoms with Gasteiger partial charge in [0.15, 0.2) is 17.6 Å². The maximum Gasteiger partial charge on any atom is 0.347 e. The predicted octanol–water partition coefficient (Wildman–Crippen LogP) is 3.94. The van der Waals surface area contributed by atoms with Crippen LogP contribution in [0.15, 0.2) is 47.4 Å². The molecule has 5 aromatic rings. The number of methoxy groups -OCH3 is 2. The van der Waals surface area contributed by atoms with Crippen molar-refractivity contribution in [3.8, 4) is 17.2 Å². The van der Waals surface area contributed by atoms with Crippen molar-refractivity contribution in [2.45, 2.75) is 20.0 Å². The molecular weight excluding hydrogens is 424 g/mol. The standard InChI is InChI=1S/C25H22N2O6/c1-5-32-25(29)13(2)33-14-6-8-18-17(12-14)15-10-11-26-21-16-7-9-19(30-3)23(31-4)20(16)24(28)27(18)22(15)21/h6-13H,5H2,1-4H3/t13-/m1/s1. The Hall–Kier alpha value is -4.07. The average Bonchev–Trinajstić information content (AvgIpc) is 3.16. The molecule has 8 heteroatoms. The van der Waals surface area contributed by atoms with Gasteiger partial charge in [-0.15, -0.1) is 0 Å². The van der Waals surface area contributed by atoms with Crippen molar-refractivity contribution in [1.82, 2.24) is 9.38 Å². The fraction of sp³-hybridized carbons (Fsp3) is 0.240. The summed E-state index contributed by atoms with van der Waals surface area (Å²) in [5, 5.41) is 2.76. The maximum atomic E-state index is 13.7. The number of esters is 1. The van der Waals surface area contributed by atoms with Crippen molar-refractivity contribution in [1.29, 1.82) is 0 Å². The predicted molar refractivity (Wildman–Crippen MR) is 125 cm³/mol. The Bertz CT molecular complexity index is 1590. The SMILES string of the molecule is CCOC(=O)[C@@H](C)Oc1ccc2c(c1)c1ccnc3c4ccc(OC)c(OC)c4c(=O)n2c13. The van der Waals surface area contributed by atoms with Gasteiger partial charge in [-0.3, -0.25) is 14.2 Å². The van der Waals surface area contributed by atoms with Gasteiger partial charge in [-0.05, 0) is 50.2 Å². The zero-order valence-corrected chi connectivity index (χ0v) is 18.7. The number of aromatic nitrogens is 2. The molecule has 0 fully saturated rings. The third-order valence-corrected chi connectivity index (χ3v) is 5.80. The summed E-state index contributed by atoms with van der Waals surface area (Å²) in [4.78, 5) is 30.3. The van der Waals surface area contributed by atoms with Gasteiger partial charge >= 0.3 is 5.97 Å². The maximum absolute atomic E-state index is 13.7. The van der Waals surface area contributed by atoms with E-state index in [4.69, 9.17) is 18.9 Å². The van der Waals surface area contributed by atoms with Crippen molar-refractivity contribution >= 4 is 44.1 Å². The van der Waals surface area contributed by atoms with Gasteiger partial charge in [-0.25, -0.2) is 4.79 Å². The zero-order chi connectivity index (χ0) is 23.3. The first-order chi connectivity index (χ1) is 16.0. The Morgan fingerprint density at radius 2 is 1.88 bits per heavy atom. The summed E-state index contributed by atoms with van der Waals surface area (Å²) in [6, 6.07) is 10.8. The van der Waals surface area contributed by atoms with Crippen LogP contribution in [0.5, 0.6) is 17.2 Å². The van der Waals surface area contributed by atoms with Crippen molar-refractivity contribution in [2.24, 2.45) is 0 Å². The molecule has 1 atom stereocenters. The molecule has 0 aliphatic heterocycles. The molecule has 3 heterocycles. The molecule has 0 saturated carbocycles. The number of hydrogen-bond acceptors (Lipinski definition) is 7. The van der Waals surface area contributed by atoms with Crippen molar-refractivity contribution in [3.63, 3.8) is 0 Å². The van der Waals surface area contributed by atoms with Gasteiger partial charge in [0.05, 0.1) is 42.8 Å². The van der Waals surface area contributed by atoms with Crippen molar-refractivity contribution in [2.75, 3.05) is 20.8 Å². The van der Waals surface area contributed by atoms with Crippen LogP contribution in [-0.2, 0) is 9.53 Å². The fourth-order valence-corrected chi connectivity index (χ4v) is 4.39. The van der Waals surface area contributed by atoms with E-state index in [0.29, 0.717) is 44.6 Å². The molecular formula is C25H22N2O6. The Balaban J connectivity index is 1.82. The Morgan fingerprint density at radius 1 is 1.06 bits per heavy atom. The molecule has 0 unspecified atom stereocenters. The molecule has 0 aliphatic carbocycles. The molecule has 168 valence electrons. The van der Waals surface area contributed by atoms with E-state index in [9.17, 15) is 9.59 Å². The quantitative estimate of drug-likeness (QED) is 0.288. The molecule has 0 bridgehead atoms. The largest absolute Gasteiger partial charge is 0.493 e. The number of pyridine rings is 2. The zero-order valence-electron chi connectivity index (χ0n) is 18.7. The molecule has 3 aromatic heterocycles. The third kappa shape index (κ3) is 3.01. The lowest BCUT2D eigenvalue weighted by molar-refractivity contribution is -0.150. The summed E-state index contributed by atoms with van der Waals surface area (Å²) >= 11 is 0. The van der Waals surface area contributed by atoms with E-state index in [-0.39, 0.29) is 12.2 Å². The highest BCUT2D eigenvalue weighted by molar-refractivity contribution is 6.19. The third-order valence-electron chi connectivity index (χ3n) is 5.80. The summed E-state index contributed by atoms with van der Waals surface area (Å²) in [5.74, 6) is 0.912. The number of benzene rings is 2. The monoisotopic (exact) mass is 446 g/mol. The number of carbonyl (C=O) groups excluding carboxylic acids is 1. The normalized spacial score (nSPS) is 12.5. The fourth-order valence-electron chi connectivity index (χ4n) is 4.39. The van der Waals surface area contributed by atoms with Crippen LogP contribution in [0.1, 0.15) is 13.8 Å². The summed E-state index contributed by atoms with van der Waals surface area (Å²) < 4.78 is 23.5. The van der Waals surface area contributed by atoms with Crippen molar-refractivity contribution < 1.29 is 23.7 Å². The lowest BCUT2D eigenvalue weighted by Crippen LogP contribution is -2.26. The highest BCUT2D eigenvalue weighted by Gasteiger charge is 2.23. The van der Waals surface area contributed by atoms with Crippen molar-refractivity contribution in [3.05, 3.63) is 52.9 Å². The minimum atomic E-state index is -0.758. The Labute approximate surface area is 188 Å². The van der Waals surface area contributed by atoms with E-state index < -0.39 is 12.1 Å². The molecule has 8 nitrogen and oxygen atoms in total. The number of ether oxygens (including phenoxy) is 4. The van der Waals surface area contributed by atoms with E-state index in [1.807, 2.05) is 24.3 Å². The number of hydrogen-bond donors (Lipinski definition) is 0. The van der Waals surface area contributed by atoms with Crippen LogP contribution in [0.3, 0.4) is 0 Å². The smallest absolute Gasteiger partial charge is 0.347 e. The van der Waals surface area contributed by atoms with Gasteiger partial charge < -0.3 is 18.9 Å². The van der Waals surface area contributed by atoms with Crippen LogP contribution >= 0.6 is 0 Å². The van der Waals surface area contributed by atoms with E-state index in [0.717, 1.165) is 10.8 Å². The van der Waals surface area contributed by atoms with E-state index >= 15 is 0 Å². The minimum Gasteiger partial charge on any atom is -0.493 e. The second-order valence-electron chi connectivity index (χ2n) is 7.61. The minimum absolute atomic E-state index is 0.227. The summed E-state index contributed by atoms with van der Waals surface area (Å²) in [6.07, 6.45) is 0.957. The van der Waals surface area contributed by atoms with Gasteiger partial charge in [-0.2, -0.15) is 0 Å². The second kappa shape index (κ2) is 7.81. The van der Waals surface area contributed by atoms with Crippen LogP contribution < -0.4 is 19.8 Å². The van der Waals surface area contributed by atoms with Crippen LogP contribution in [0.2, 0.25) is 0 Å². The van der Waals surface area contributed by atoms with Gasteiger partial charge in [0.1, 0.15) is 5.75 Å². The van der Waals surface area contributed by atoms with Crippen LogP contribution in [0.25, 0.3) is 38.1 Å². The first-order valence-corrected chi connectivity index (χ1v) is 10.6. The molecule has 5 rings (SSSR count). The molecule has 0 amide bonds. The number of fused-ring (bicyclic) bond motifs is 5. The highest BCUT2D eigenvalue weighted by atomic mass is 16.6. The van der Waals surface area contributed by atoms with E-state index in [1.54, 1.807) is 36.6 Å². The average molecular weight is 446 g/mol. The lowest BCUT2D eigenvalue weighted by atomic mass is 10.1. The van der Waals surface area contributed by atoms with E-state index in [1.165, 1.54) is 14.2 Å². The van der Waals surface area contributed by atoms with Gasteiger partial charge in [0.2, 0.25) is 0 Å². The number of rotatable bonds is 6. The molecule has 0 radical (unpaired) electrons. The topological polar surface area (TPSA) is 88.4 Å². The first kappa shape index (κ1) is 20.8. The van der Waals surface area contributed by atoms with Gasteiger partial charge in [-0.1, -0.05) is 0 Å². The first-order valence-electron chi connectivity index (χ1n) is 10.6.